The number of aromatic nitrogens is 1. The summed E-state index contributed by atoms with van der Waals surface area (Å²) < 4.78 is 25.2. The Morgan fingerprint density at radius 1 is 1.44 bits per heavy atom. The fraction of sp³-hybridized carbons (Fsp3) is 0.625. The zero-order valence-corrected chi connectivity index (χ0v) is 10.2. The van der Waals surface area contributed by atoms with Crippen LogP contribution in [0, 0.1) is 6.92 Å². The summed E-state index contributed by atoms with van der Waals surface area (Å²) in [6.45, 7) is 1.58. The monoisotopic (exact) mass is 264 g/mol. The second-order valence-corrected chi connectivity index (χ2v) is 7.05. The van der Waals surface area contributed by atoms with E-state index in [0.717, 1.165) is 15.6 Å². The summed E-state index contributed by atoms with van der Waals surface area (Å²) in [6.07, 6.45) is -0.723. The molecule has 0 bridgehead atoms. The molecule has 0 saturated carbocycles. The van der Waals surface area contributed by atoms with Crippen LogP contribution in [0.4, 0.5) is 0 Å². The van der Waals surface area contributed by atoms with Crippen molar-refractivity contribution in [2.24, 2.45) is 0 Å². The minimum absolute atomic E-state index is 0.0690. The van der Waals surface area contributed by atoms with Crippen LogP contribution < -0.4 is 0 Å². The summed E-state index contributed by atoms with van der Waals surface area (Å²) in [5, 5.41) is 19.3. The first-order valence-corrected chi connectivity index (χ1v) is 6.95. The highest BCUT2D eigenvalue weighted by Crippen LogP contribution is 2.25. The Labute approximate surface area is 97.2 Å². The maximum Gasteiger partial charge on any atom is 0.254 e. The van der Waals surface area contributed by atoms with Gasteiger partial charge in [0.15, 0.2) is 4.21 Å². The zero-order valence-electron chi connectivity index (χ0n) is 8.57. The van der Waals surface area contributed by atoms with Crippen LogP contribution in [-0.4, -0.2) is 53.2 Å². The van der Waals surface area contributed by atoms with E-state index in [9.17, 15) is 18.6 Å². The molecule has 6 nitrogen and oxygen atoms in total. The number of hydrogen-bond donors (Lipinski definition) is 2. The molecule has 0 spiro atoms. The molecule has 8 heteroatoms. The van der Waals surface area contributed by atoms with Crippen LogP contribution >= 0.6 is 11.3 Å². The van der Waals surface area contributed by atoms with E-state index in [4.69, 9.17) is 0 Å². The van der Waals surface area contributed by atoms with E-state index in [0.29, 0.717) is 5.01 Å². The van der Waals surface area contributed by atoms with Crippen molar-refractivity contribution in [3.63, 3.8) is 0 Å². The van der Waals surface area contributed by atoms with E-state index >= 15 is 0 Å². The highest BCUT2D eigenvalue weighted by Gasteiger charge is 2.38. The quantitative estimate of drug-likeness (QED) is 0.728. The molecule has 90 valence electrons. The third-order valence-corrected chi connectivity index (χ3v) is 5.60. The number of rotatable bonds is 2. The third kappa shape index (κ3) is 1.98. The lowest BCUT2D eigenvalue weighted by Gasteiger charge is -2.13. The van der Waals surface area contributed by atoms with Crippen molar-refractivity contribution in [1.29, 1.82) is 0 Å². The molecule has 0 unspecified atom stereocenters. The third-order valence-electron chi connectivity index (χ3n) is 2.42. The lowest BCUT2D eigenvalue weighted by atomic mass is 10.3. The number of aliphatic hydroxyl groups excluding tert-OH is 2. The number of β-amino-alcohol motifs (C(OH)–C–C–N with tert-alkyl or cyclic N) is 2. The van der Waals surface area contributed by atoms with E-state index in [1.165, 1.54) is 6.20 Å². The van der Waals surface area contributed by atoms with Crippen LogP contribution in [0.2, 0.25) is 0 Å². The van der Waals surface area contributed by atoms with Gasteiger partial charge in [-0.15, -0.1) is 11.3 Å². The van der Waals surface area contributed by atoms with Gasteiger partial charge >= 0.3 is 0 Å². The highest BCUT2D eigenvalue weighted by atomic mass is 32.2. The van der Waals surface area contributed by atoms with Crippen LogP contribution in [0.15, 0.2) is 10.4 Å². The summed E-state index contributed by atoms with van der Waals surface area (Å²) in [4.78, 5) is 3.88. The second-order valence-electron chi connectivity index (χ2n) is 3.66. The molecule has 1 aliphatic rings. The van der Waals surface area contributed by atoms with Gasteiger partial charge in [0.2, 0.25) is 0 Å². The molecule has 0 aliphatic carbocycles. The summed E-state index contributed by atoms with van der Waals surface area (Å²) in [5.41, 5.74) is 0. The molecule has 1 aromatic heterocycles. The summed E-state index contributed by atoms with van der Waals surface area (Å²) >= 11 is 1.08. The van der Waals surface area contributed by atoms with Crippen molar-refractivity contribution in [2.75, 3.05) is 13.1 Å². The molecule has 2 rings (SSSR count). The standard InChI is InChI=1S/C8H12N2O4S2/c1-5-9-2-8(15-5)16(13,14)10-3-6(11)7(12)4-10/h2,6-7,11-12H,3-4H2,1H3/t6-,7+. The first-order chi connectivity index (χ1) is 7.41. The lowest BCUT2D eigenvalue weighted by molar-refractivity contribution is 0.0572. The number of sulfonamides is 1. The predicted octanol–water partition coefficient (Wildman–Crippen LogP) is -0.822. The average Bonchev–Trinajstić information content (AvgIpc) is 2.75. The molecule has 1 saturated heterocycles. The second kappa shape index (κ2) is 4.04. The number of aliphatic hydroxyl groups is 2. The molecule has 16 heavy (non-hydrogen) atoms. The molecule has 1 aromatic rings. The van der Waals surface area contributed by atoms with E-state index in [2.05, 4.69) is 4.98 Å². The number of nitrogens with zero attached hydrogens (tertiary/aromatic N) is 2. The molecular weight excluding hydrogens is 252 g/mol. The van der Waals surface area contributed by atoms with Crippen molar-refractivity contribution >= 4 is 21.4 Å². The molecule has 0 aromatic carbocycles. The Kier molecular flexibility index (Phi) is 3.01. The van der Waals surface area contributed by atoms with Gasteiger partial charge in [-0.1, -0.05) is 0 Å². The van der Waals surface area contributed by atoms with Gasteiger partial charge in [0.1, 0.15) is 0 Å². The van der Waals surface area contributed by atoms with Gasteiger partial charge in [-0.3, -0.25) is 0 Å². The largest absolute Gasteiger partial charge is 0.389 e. The fourth-order valence-corrected chi connectivity index (χ4v) is 4.26. The van der Waals surface area contributed by atoms with Gasteiger partial charge < -0.3 is 10.2 Å². The Morgan fingerprint density at radius 2 is 2.00 bits per heavy atom. The van der Waals surface area contributed by atoms with Gasteiger partial charge in [0.25, 0.3) is 10.0 Å². The molecule has 2 N–H and O–H groups in total. The average molecular weight is 264 g/mol. The van der Waals surface area contributed by atoms with Crippen molar-refractivity contribution < 1.29 is 18.6 Å². The van der Waals surface area contributed by atoms with Gasteiger partial charge in [0.05, 0.1) is 23.4 Å². The topological polar surface area (TPSA) is 90.7 Å². The van der Waals surface area contributed by atoms with Crippen molar-refractivity contribution in [3.05, 3.63) is 11.2 Å². The van der Waals surface area contributed by atoms with Crippen molar-refractivity contribution in [3.8, 4) is 0 Å². The summed E-state index contributed by atoms with van der Waals surface area (Å²) in [6, 6.07) is 0. The van der Waals surface area contributed by atoms with Gasteiger partial charge in [0, 0.05) is 13.1 Å². The summed E-state index contributed by atoms with van der Waals surface area (Å²) in [7, 11) is -3.61. The van der Waals surface area contributed by atoms with E-state index in [1.54, 1.807) is 6.92 Å². The fourth-order valence-electron chi connectivity index (χ4n) is 1.52. The van der Waals surface area contributed by atoms with Crippen molar-refractivity contribution in [1.82, 2.24) is 9.29 Å². The molecule has 0 amide bonds. The van der Waals surface area contributed by atoms with Gasteiger partial charge in [-0.2, -0.15) is 4.31 Å². The van der Waals surface area contributed by atoms with Crippen LogP contribution in [0.5, 0.6) is 0 Å². The molecule has 1 fully saturated rings. The van der Waals surface area contributed by atoms with Crippen LogP contribution in [0.1, 0.15) is 5.01 Å². The Balaban J connectivity index is 2.27. The van der Waals surface area contributed by atoms with Gasteiger partial charge in [-0.05, 0) is 6.92 Å². The maximum atomic E-state index is 12.0. The first-order valence-electron chi connectivity index (χ1n) is 4.70. The SMILES string of the molecule is Cc1ncc(S(=O)(=O)N2C[C@@H](O)[C@@H](O)C2)s1. The predicted molar refractivity (Wildman–Crippen MR) is 57.6 cm³/mol. The maximum absolute atomic E-state index is 12.0. The molecule has 2 heterocycles. The van der Waals surface area contributed by atoms with Crippen LogP contribution in [0.3, 0.4) is 0 Å². The van der Waals surface area contributed by atoms with E-state index < -0.39 is 22.2 Å². The normalized spacial score (nSPS) is 27.4. The smallest absolute Gasteiger partial charge is 0.254 e. The van der Waals surface area contributed by atoms with E-state index in [1.807, 2.05) is 0 Å². The Hall–Kier alpha value is -0.540. The van der Waals surface area contributed by atoms with Gasteiger partial charge in [-0.25, -0.2) is 13.4 Å². The minimum Gasteiger partial charge on any atom is -0.389 e. The summed E-state index contributed by atoms with van der Waals surface area (Å²) in [5.74, 6) is 0. The number of hydrogen-bond acceptors (Lipinski definition) is 6. The Bertz CT molecular complexity index is 474. The van der Waals surface area contributed by atoms with E-state index in [-0.39, 0.29) is 17.3 Å². The van der Waals surface area contributed by atoms with Crippen molar-refractivity contribution in [2.45, 2.75) is 23.3 Å². The first kappa shape index (κ1) is 11.9. The highest BCUT2D eigenvalue weighted by molar-refractivity contribution is 7.91. The molecule has 2 atom stereocenters. The zero-order chi connectivity index (χ0) is 11.9. The van der Waals surface area contributed by atoms with Crippen LogP contribution in [-0.2, 0) is 10.0 Å². The number of thiazole rings is 1. The minimum atomic E-state index is -3.61. The lowest BCUT2D eigenvalue weighted by Crippen LogP contribution is -2.29. The Morgan fingerprint density at radius 3 is 2.44 bits per heavy atom. The molecule has 1 aliphatic heterocycles. The number of aryl methyl sites for hydroxylation is 1. The van der Waals surface area contributed by atoms with Crippen LogP contribution in [0.25, 0.3) is 0 Å². The molecule has 0 radical (unpaired) electrons. The molecular formula is C8H12N2O4S2.